The minimum Gasteiger partial charge on any atom is -0.381 e. The van der Waals surface area contributed by atoms with Gasteiger partial charge in [-0.1, -0.05) is 6.08 Å². The molecule has 1 saturated heterocycles. The molecular formula is C13H26IN3O2. The number of hydrogen-bond acceptors (Lipinski definition) is 3. The molecule has 19 heavy (non-hydrogen) atoms. The van der Waals surface area contributed by atoms with Crippen molar-refractivity contribution in [2.24, 2.45) is 16.6 Å². The maximum absolute atomic E-state index is 5.63. The average Bonchev–Trinajstić information content (AvgIpc) is 2.41. The Morgan fingerprint density at radius 2 is 2.21 bits per heavy atom. The van der Waals surface area contributed by atoms with E-state index in [-0.39, 0.29) is 24.0 Å². The summed E-state index contributed by atoms with van der Waals surface area (Å²) in [5, 5.41) is 2.93. The van der Waals surface area contributed by atoms with Crippen LogP contribution in [0.2, 0.25) is 0 Å². The first kappa shape index (κ1) is 18.7. The van der Waals surface area contributed by atoms with Crippen molar-refractivity contribution in [2.45, 2.75) is 19.3 Å². The monoisotopic (exact) mass is 383 g/mol. The SMILES string of the molecule is C=CCNC(N)=NCCCOCC1CCOCC1.I. The van der Waals surface area contributed by atoms with E-state index < -0.39 is 0 Å². The molecule has 0 amide bonds. The van der Waals surface area contributed by atoms with E-state index in [9.17, 15) is 0 Å². The van der Waals surface area contributed by atoms with E-state index in [1.807, 2.05) is 0 Å². The van der Waals surface area contributed by atoms with E-state index in [1.165, 1.54) is 0 Å². The van der Waals surface area contributed by atoms with Crippen LogP contribution in [0.4, 0.5) is 0 Å². The van der Waals surface area contributed by atoms with Gasteiger partial charge in [0, 0.05) is 39.5 Å². The Balaban J connectivity index is 0.00000324. The van der Waals surface area contributed by atoms with E-state index in [0.717, 1.165) is 45.7 Å². The highest BCUT2D eigenvalue weighted by molar-refractivity contribution is 14.0. The van der Waals surface area contributed by atoms with Crippen LogP contribution in [0.25, 0.3) is 0 Å². The summed E-state index contributed by atoms with van der Waals surface area (Å²) >= 11 is 0. The lowest BCUT2D eigenvalue weighted by atomic mass is 10.0. The molecule has 112 valence electrons. The predicted molar refractivity (Wildman–Crippen MR) is 89.1 cm³/mol. The van der Waals surface area contributed by atoms with Crippen LogP contribution in [0.5, 0.6) is 0 Å². The number of halogens is 1. The Hall–Kier alpha value is -0.340. The van der Waals surface area contributed by atoms with Crippen LogP contribution in [0.3, 0.4) is 0 Å². The van der Waals surface area contributed by atoms with Gasteiger partial charge in [0.1, 0.15) is 0 Å². The number of rotatable bonds is 8. The predicted octanol–water partition coefficient (Wildman–Crippen LogP) is 1.53. The molecule has 5 nitrogen and oxygen atoms in total. The van der Waals surface area contributed by atoms with Gasteiger partial charge in [0.15, 0.2) is 5.96 Å². The molecule has 1 heterocycles. The summed E-state index contributed by atoms with van der Waals surface area (Å²) in [5.41, 5.74) is 5.63. The Bertz CT molecular complexity index is 256. The molecule has 0 aromatic carbocycles. The number of aliphatic imine (C=N–C) groups is 1. The molecule has 1 aliphatic heterocycles. The lowest BCUT2D eigenvalue weighted by molar-refractivity contribution is 0.0205. The fourth-order valence-electron chi connectivity index (χ4n) is 1.76. The molecular weight excluding hydrogens is 357 g/mol. The van der Waals surface area contributed by atoms with Gasteiger partial charge in [-0.15, -0.1) is 30.6 Å². The number of ether oxygens (including phenoxy) is 2. The first-order valence-electron chi connectivity index (χ1n) is 6.63. The van der Waals surface area contributed by atoms with Crippen LogP contribution in [0.1, 0.15) is 19.3 Å². The third-order valence-corrected chi connectivity index (χ3v) is 2.85. The van der Waals surface area contributed by atoms with Crippen molar-refractivity contribution >= 4 is 29.9 Å². The Morgan fingerprint density at radius 3 is 2.89 bits per heavy atom. The van der Waals surface area contributed by atoms with Crippen molar-refractivity contribution in [2.75, 3.05) is 39.5 Å². The van der Waals surface area contributed by atoms with Gasteiger partial charge in [-0.3, -0.25) is 4.99 Å². The standard InChI is InChI=1S/C13H25N3O2.HI/c1-2-6-15-13(14)16-7-3-8-18-11-12-4-9-17-10-5-12;/h2,12H,1,3-11H2,(H3,14,15,16);1H. The minimum absolute atomic E-state index is 0. The molecule has 0 aliphatic carbocycles. The zero-order chi connectivity index (χ0) is 13.1. The quantitative estimate of drug-likeness (QED) is 0.219. The fourth-order valence-corrected chi connectivity index (χ4v) is 1.76. The highest BCUT2D eigenvalue weighted by Gasteiger charge is 2.13. The van der Waals surface area contributed by atoms with Gasteiger partial charge in [-0.25, -0.2) is 0 Å². The fraction of sp³-hybridized carbons (Fsp3) is 0.769. The molecule has 6 heteroatoms. The van der Waals surface area contributed by atoms with Gasteiger partial charge < -0.3 is 20.5 Å². The first-order valence-corrected chi connectivity index (χ1v) is 6.63. The normalized spacial score (nSPS) is 16.7. The Labute approximate surface area is 133 Å². The van der Waals surface area contributed by atoms with Crippen molar-refractivity contribution in [1.82, 2.24) is 5.32 Å². The molecule has 0 atom stereocenters. The van der Waals surface area contributed by atoms with Crippen LogP contribution in [0.15, 0.2) is 17.6 Å². The summed E-state index contributed by atoms with van der Waals surface area (Å²) in [4.78, 5) is 4.18. The second kappa shape index (κ2) is 12.7. The summed E-state index contributed by atoms with van der Waals surface area (Å²) < 4.78 is 10.9. The van der Waals surface area contributed by atoms with Crippen LogP contribution in [-0.4, -0.2) is 45.5 Å². The molecule has 1 fully saturated rings. The zero-order valence-electron chi connectivity index (χ0n) is 11.5. The van der Waals surface area contributed by atoms with E-state index in [2.05, 4.69) is 16.9 Å². The van der Waals surface area contributed by atoms with Gasteiger partial charge in [0.25, 0.3) is 0 Å². The van der Waals surface area contributed by atoms with Gasteiger partial charge in [0.2, 0.25) is 0 Å². The highest BCUT2D eigenvalue weighted by Crippen LogP contribution is 2.14. The summed E-state index contributed by atoms with van der Waals surface area (Å²) in [6.45, 7) is 8.29. The van der Waals surface area contributed by atoms with Crippen molar-refractivity contribution in [1.29, 1.82) is 0 Å². The first-order chi connectivity index (χ1) is 8.83. The van der Waals surface area contributed by atoms with E-state index in [4.69, 9.17) is 15.2 Å². The van der Waals surface area contributed by atoms with Gasteiger partial charge >= 0.3 is 0 Å². The molecule has 1 aliphatic rings. The largest absolute Gasteiger partial charge is 0.381 e. The van der Waals surface area contributed by atoms with E-state index in [1.54, 1.807) is 6.08 Å². The van der Waals surface area contributed by atoms with E-state index >= 15 is 0 Å². The molecule has 0 unspecified atom stereocenters. The number of nitrogens with zero attached hydrogens (tertiary/aromatic N) is 1. The van der Waals surface area contributed by atoms with Crippen molar-refractivity contribution in [3.8, 4) is 0 Å². The summed E-state index contributed by atoms with van der Waals surface area (Å²) in [7, 11) is 0. The van der Waals surface area contributed by atoms with Crippen LogP contribution < -0.4 is 11.1 Å². The van der Waals surface area contributed by atoms with Crippen molar-refractivity contribution < 1.29 is 9.47 Å². The number of hydrogen-bond donors (Lipinski definition) is 2. The maximum atomic E-state index is 5.63. The summed E-state index contributed by atoms with van der Waals surface area (Å²) in [6.07, 6.45) is 4.90. The summed E-state index contributed by atoms with van der Waals surface area (Å²) in [5.74, 6) is 1.14. The molecule has 0 aromatic rings. The maximum Gasteiger partial charge on any atom is 0.188 e. The lowest BCUT2D eigenvalue weighted by Crippen LogP contribution is -2.31. The Morgan fingerprint density at radius 1 is 1.47 bits per heavy atom. The average molecular weight is 383 g/mol. The third-order valence-electron chi connectivity index (χ3n) is 2.85. The second-order valence-corrected chi connectivity index (χ2v) is 4.42. The molecule has 0 radical (unpaired) electrons. The summed E-state index contributed by atoms with van der Waals surface area (Å²) in [6, 6.07) is 0. The lowest BCUT2D eigenvalue weighted by Gasteiger charge is -2.21. The molecule has 0 bridgehead atoms. The van der Waals surface area contributed by atoms with Gasteiger partial charge in [-0.2, -0.15) is 0 Å². The van der Waals surface area contributed by atoms with Crippen LogP contribution in [-0.2, 0) is 9.47 Å². The van der Waals surface area contributed by atoms with Crippen molar-refractivity contribution in [3.05, 3.63) is 12.7 Å². The van der Waals surface area contributed by atoms with Crippen LogP contribution >= 0.6 is 24.0 Å². The molecule has 0 spiro atoms. The minimum atomic E-state index is 0. The van der Waals surface area contributed by atoms with Crippen molar-refractivity contribution in [3.63, 3.8) is 0 Å². The van der Waals surface area contributed by atoms with Gasteiger partial charge in [0.05, 0.1) is 0 Å². The number of nitrogens with two attached hydrogens (primary N) is 1. The molecule has 0 aromatic heterocycles. The molecule has 1 rings (SSSR count). The smallest absolute Gasteiger partial charge is 0.188 e. The topological polar surface area (TPSA) is 68.9 Å². The number of nitrogens with one attached hydrogen (secondary N) is 1. The highest BCUT2D eigenvalue weighted by atomic mass is 127. The Kier molecular flexibility index (Phi) is 12.5. The molecule has 3 N–H and O–H groups in total. The molecule has 0 saturated carbocycles. The van der Waals surface area contributed by atoms with Gasteiger partial charge in [-0.05, 0) is 25.2 Å². The zero-order valence-corrected chi connectivity index (χ0v) is 13.8. The number of guanidine groups is 1. The third kappa shape index (κ3) is 10.1. The van der Waals surface area contributed by atoms with E-state index in [0.29, 0.717) is 25.0 Å². The van der Waals surface area contributed by atoms with Crippen LogP contribution in [0, 0.1) is 5.92 Å². The second-order valence-electron chi connectivity index (χ2n) is 4.42.